The predicted octanol–water partition coefficient (Wildman–Crippen LogP) is 1.11. The van der Waals surface area contributed by atoms with Crippen LogP contribution < -0.4 is 11.1 Å². The van der Waals surface area contributed by atoms with E-state index in [0.29, 0.717) is 6.54 Å². The van der Waals surface area contributed by atoms with E-state index in [0.717, 1.165) is 25.7 Å². The third-order valence-electron chi connectivity index (χ3n) is 4.74. The fourth-order valence-corrected chi connectivity index (χ4v) is 3.87. The quantitative estimate of drug-likeness (QED) is 0.260. The lowest BCUT2D eigenvalue weighted by Gasteiger charge is -2.18. The Hall–Kier alpha value is -1.89. The molecule has 4 atom stereocenters. The first-order valence-electron chi connectivity index (χ1n) is 9.63. The molecule has 168 valence electrons. The monoisotopic (exact) mass is 448 g/mol. The van der Waals surface area contributed by atoms with Crippen molar-refractivity contribution in [1.29, 1.82) is 0 Å². The number of unbranched alkanes of at least 4 members (excludes halogenated alkanes) is 3. The fourth-order valence-electron chi connectivity index (χ4n) is 3.31. The molecule has 0 amide bonds. The molecule has 0 unspecified atom stereocenters. The summed E-state index contributed by atoms with van der Waals surface area (Å²) in [5, 5.41) is 12.5. The van der Waals surface area contributed by atoms with Crippen LogP contribution in [0.15, 0.2) is 6.33 Å². The van der Waals surface area contributed by atoms with Crippen molar-refractivity contribution in [2.24, 2.45) is 0 Å². The molecule has 2 aromatic rings. The Morgan fingerprint density at radius 3 is 2.80 bits per heavy atom. The van der Waals surface area contributed by atoms with Crippen LogP contribution in [0.3, 0.4) is 0 Å². The molecule has 3 rings (SSSR count). The lowest BCUT2D eigenvalue weighted by atomic mass is 10.1. The van der Waals surface area contributed by atoms with Crippen LogP contribution in [0, 0.1) is 0 Å². The van der Waals surface area contributed by atoms with E-state index in [-0.39, 0.29) is 22.9 Å². The first-order chi connectivity index (χ1) is 14.2. The number of nitrogen functional groups attached to an aromatic ring is 1. The fraction of sp³-hybridized carbons (Fsp3) is 0.688. The second kappa shape index (κ2) is 9.50. The van der Waals surface area contributed by atoms with Crippen molar-refractivity contribution < 1.29 is 33.1 Å². The Morgan fingerprint density at radius 1 is 1.37 bits per heavy atom. The highest BCUT2D eigenvalue weighted by Gasteiger charge is 2.49. The van der Waals surface area contributed by atoms with E-state index in [1.807, 2.05) is 0 Å². The van der Waals surface area contributed by atoms with E-state index in [2.05, 4.69) is 31.7 Å². The van der Waals surface area contributed by atoms with Gasteiger partial charge in [0.2, 0.25) is 5.95 Å². The number of ether oxygens (including phenoxy) is 1. The maximum Gasteiger partial charge on any atom is 0.470 e. The van der Waals surface area contributed by atoms with Crippen molar-refractivity contribution in [2.75, 3.05) is 24.2 Å². The van der Waals surface area contributed by atoms with E-state index in [1.165, 1.54) is 10.9 Å². The highest BCUT2D eigenvalue weighted by Crippen LogP contribution is 2.45. The molecule has 0 bridgehead atoms. The summed E-state index contributed by atoms with van der Waals surface area (Å²) in [7, 11) is -5.00. The number of nitrogens with one attached hydrogen (secondary N) is 1. The van der Waals surface area contributed by atoms with Gasteiger partial charge in [0.15, 0.2) is 23.9 Å². The van der Waals surface area contributed by atoms with E-state index in [4.69, 9.17) is 20.3 Å². The molecule has 1 aliphatic heterocycles. The molecule has 14 heteroatoms. The van der Waals surface area contributed by atoms with Crippen molar-refractivity contribution in [2.45, 2.75) is 57.2 Å². The predicted molar refractivity (Wildman–Crippen MR) is 105 cm³/mol. The average Bonchev–Trinajstić information content (AvgIpc) is 3.22. The number of anilines is 2. The summed E-state index contributed by atoms with van der Waals surface area (Å²) in [5.74, 6) is 0.332. The summed E-state index contributed by atoms with van der Waals surface area (Å²) < 4.78 is 37.3. The van der Waals surface area contributed by atoms with Crippen LogP contribution in [0.4, 0.5) is 16.2 Å². The molecule has 0 radical (unpaired) electrons. The number of nitrogens with zero attached hydrogens (tertiary/aromatic N) is 4. The molecule has 12 nitrogen and oxygen atoms in total. The van der Waals surface area contributed by atoms with Crippen molar-refractivity contribution in [3.05, 3.63) is 6.33 Å². The number of alkyl halides is 1. The van der Waals surface area contributed by atoms with Crippen molar-refractivity contribution >= 4 is 30.8 Å². The molecule has 6 N–H and O–H groups in total. The number of hydrogen-bond donors (Lipinski definition) is 5. The summed E-state index contributed by atoms with van der Waals surface area (Å²) in [6, 6.07) is 0. The van der Waals surface area contributed by atoms with Gasteiger partial charge in [-0.05, 0) is 6.42 Å². The lowest BCUT2D eigenvalue weighted by molar-refractivity contribution is -0.0454. The number of imidazole rings is 1. The zero-order valence-corrected chi connectivity index (χ0v) is 17.3. The molecule has 0 spiro atoms. The van der Waals surface area contributed by atoms with Gasteiger partial charge < -0.3 is 30.7 Å². The Bertz CT molecular complexity index is 910. The van der Waals surface area contributed by atoms with Crippen molar-refractivity contribution in [3.63, 3.8) is 0 Å². The molecule has 1 aliphatic rings. The minimum absolute atomic E-state index is 0.0879. The second-order valence-corrected chi connectivity index (χ2v) is 8.19. The van der Waals surface area contributed by atoms with Crippen LogP contribution in [0.25, 0.3) is 11.2 Å². The minimum atomic E-state index is -5.00. The Balaban J connectivity index is 1.84. The number of aromatic nitrogens is 4. The molecule has 0 aromatic carbocycles. The highest BCUT2D eigenvalue weighted by molar-refractivity contribution is 7.46. The smallest absolute Gasteiger partial charge is 0.394 e. The minimum Gasteiger partial charge on any atom is -0.394 e. The van der Waals surface area contributed by atoms with Gasteiger partial charge in [-0.1, -0.05) is 26.2 Å². The van der Waals surface area contributed by atoms with Gasteiger partial charge in [0, 0.05) is 6.54 Å². The number of nitrogens with two attached hydrogens (primary N) is 1. The molecule has 1 saturated heterocycles. The normalized spacial score (nSPS) is 24.6. The van der Waals surface area contributed by atoms with Gasteiger partial charge in [-0.2, -0.15) is 9.97 Å². The van der Waals surface area contributed by atoms with Crippen LogP contribution in [0.1, 0.15) is 38.8 Å². The van der Waals surface area contributed by atoms with E-state index >= 15 is 0 Å². The SMILES string of the molecule is CCCCCCNc1nc(N)c2ncn([C@@H]3O[C@H](CO)[C@@H](OP(=O)(O)O)[C@H]3F)c2n1. The molecule has 0 aliphatic carbocycles. The molecule has 0 saturated carbocycles. The number of halogens is 1. The van der Waals surface area contributed by atoms with Crippen LogP contribution in [-0.4, -0.2) is 65.9 Å². The molecular formula is C16H26FN6O6P. The van der Waals surface area contributed by atoms with Gasteiger partial charge in [0.25, 0.3) is 0 Å². The summed E-state index contributed by atoms with van der Waals surface area (Å²) in [5.41, 5.74) is 6.36. The van der Waals surface area contributed by atoms with Crippen molar-refractivity contribution in [1.82, 2.24) is 19.5 Å². The zero-order chi connectivity index (χ0) is 21.9. The van der Waals surface area contributed by atoms with Gasteiger partial charge in [-0.3, -0.25) is 9.09 Å². The Morgan fingerprint density at radius 2 is 2.13 bits per heavy atom. The molecule has 2 aromatic heterocycles. The number of rotatable bonds is 10. The summed E-state index contributed by atoms with van der Waals surface area (Å²) in [6.07, 6.45) is -0.886. The molecule has 1 fully saturated rings. The number of phosphoric acid groups is 1. The number of aliphatic hydroxyl groups excluding tert-OH is 1. The zero-order valence-electron chi connectivity index (χ0n) is 16.4. The molecule has 30 heavy (non-hydrogen) atoms. The Labute approximate surface area is 171 Å². The number of fused-ring (bicyclic) bond motifs is 1. The summed E-state index contributed by atoms with van der Waals surface area (Å²) >= 11 is 0. The number of hydrogen-bond acceptors (Lipinski definition) is 9. The van der Waals surface area contributed by atoms with E-state index < -0.39 is 39.0 Å². The van der Waals surface area contributed by atoms with Crippen LogP contribution in [0.5, 0.6) is 0 Å². The molecule has 3 heterocycles. The van der Waals surface area contributed by atoms with Crippen LogP contribution >= 0.6 is 7.82 Å². The summed E-state index contributed by atoms with van der Waals surface area (Å²) in [4.78, 5) is 30.6. The van der Waals surface area contributed by atoms with Gasteiger partial charge >= 0.3 is 7.82 Å². The third-order valence-corrected chi connectivity index (χ3v) is 5.26. The Kier molecular flexibility index (Phi) is 7.22. The van der Waals surface area contributed by atoms with Gasteiger partial charge in [-0.25, -0.2) is 13.9 Å². The standard InChI is InChI=1S/C16H26FN6O6P/c1-2-3-4-5-6-19-16-21-13(18)11-14(22-16)23(8-20-11)15-10(17)12(9(7-24)28-15)29-30(25,26)27/h8-10,12,15,24H,2-7H2,1H3,(H2,25,26,27)(H3,18,19,21,22)/t9-,10-,12-,15-/m1/s1. The maximum absolute atomic E-state index is 15.0. The highest BCUT2D eigenvalue weighted by atomic mass is 31.2. The number of aliphatic hydroxyl groups is 1. The largest absolute Gasteiger partial charge is 0.470 e. The molecular weight excluding hydrogens is 422 g/mol. The van der Waals surface area contributed by atoms with Gasteiger partial charge in [0.05, 0.1) is 12.9 Å². The van der Waals surface area contributed by atoms with Crippen LogP contribution in [-0.2, 0) is 13.8 Å². The first-order valence-corrected chi connectivity index (χ1v) is 11.2. The van der Waals surface area contributed by atoms with Crippen molar-refractivity contribution in [3.8, 4) is 0 Å². The van der Waals surface area contributed by atoms with Gasteiger partial charge in [0.1, 0.15) is 17.7 Å². The summed E-state index contributed by atoms with van der Waals surface area (Å²) in [6.45, 7) is 2.05. The van der Waals surface area contributed by atoms with Crippen LogP contribution in [0.2, 0.25) is 0 Å². The van der Waals surface area contributed by atoms with Gasteiger partial charge in [-0.15, -0.1) is 0 Å². The maximum atomic E-state index is 15.0. The van der Waals surface area contributed by atoms with E-state index in [9.17, 15) is 14.1 Å². The lowest BCUT2D eigenvalue weighted by Crippen LogP contribution is -2.33. The third kappa shape index (κ3) is 5.05. The number of phosphoric ester groups is 1. The second-order valence-electron chi connectivity index (χ2n) is 7.00. The average molecular weight is 448 g/mol. The topological polar surface area (TPSA) is 178 Å². The first kappa shape index (κ1) is 22.8. The van der Waals surface area contributed by atoms with E-state index in [1.54, 1.807) is 0 Å².